The Balaban J connectivity index is 1.92. The molecule has 0 unspecified atom stereocenters. The minimum atomic E-state index is -0.0944. The molecule has 1 amide bonds. The van der Waals surface area contributed by atoms with E-state index in [1.807, 2.05) is 18.2 Å². The molecule has 110 valence electrons. The summed E-state index contributed by atoms with van der Waals surface area (Å²) in [7, 11) is 1.79. The van der Waals surface area contributed by atoms with Crippen LogP contribution in [0.4, 0.5) is 5.69 Å². The molecule has 0 aliphatic carbocycles. The third kappa shape index (κ3) is 4.23. The van der Waals surface area contributed by atoms with Crippen molar-refractivity contribution in [1.29, 1.82) is 0 Å². The van der Waals surface area contributed by atoms with E-state index in [2.05, 4.69) is 12.1 Å². The number of rotatable bonds is 5. The van der Waals surface area contributed by atoms with Gasteiger partial charge in [-0.15, -0.1) is 0 Å². The van der Waals surface area contributed by atoms with E-state index in [-0.39, 0.29) is 5.91 Å². The SMILES string of the molecule is CN(CCCc1ccccc1)C(=O)c1cc(Cl)ccc1N. The molecule has 0 saturated carbocycles. The van der Waals surface area contributed by atoms with E-state index in [1.165, 1.54) is 5.56 Å². The Morgan fingerprint density at radius 2 is 1.90 bits per heavy atom. The zero-order valence-corrected chi connectivity index (χ0v) is 12.8. The van der Waals surface area contributed by atoms with Crippen LogP contribution in [0, 0.1) is 0 Å². The molecule has 0 saturated heterocycles. The fourth-order valence-electron chi connectivity index (χ4n) is 2.19. The Kier molecular flexibility index (Phi) is 5.23. The first-order chi connectivity index (χ1) is 10.1. The Morgan fingerprint density at radius 1 is 1.19 bits per heavy atom. The van der Waals surface area contributed by atoms with Crippen molar-refractivity contribution in [3.8, 4) is 0 Å². The Labute approximate surface area is 130 Å². The van der Waals surface area contributed by atoms with E-state index in [4.69, 9.17) is 17.3 Å². The first-order valence-corrected chi connectivity index (χ1v) is 7.30. The number of anilines is 1. The second-order valence-corrected chi connectivity index (χ2v) is 5.48. The van der Waals surface area contributed by atoms with Crippen molar-refractivity contribution in [3.05, 3.63) is 64.7 Å². The molecule has 0 radical (unpaired) electrons. The molecule has 2 aromatic rings. The minimum Gasteiger partial charge on any atom is -0.398 e. The maximum Gasteiger partial charge on any atom is 0.255 e. The van der Waals surface area contributed by atoms with Gasteiger partial charge in [0.15, 0.2) is 0 Å². The van der Waals surface area contributed by atoms with Gasteiger partial charge in [-0.1, -0.05) is 41.9 Å². The maximum absolute atomic E-state index is 12.3. The van der Waals surface area contributed by atoms with Crippen LogP contribution >= 0.6 is 11.6 Å². The highest BCUT2D eigenvalue weighted by Crippen LogP contribution is 2.19. The molecule has 2 rings (SSSR count). The zero-order chi connectivity index (χ0) is 15.2. The number of hydrogen-bond acceptors (Lipinski definition) is 2. The van der Waals surface area contributed by atoms with E-state index in [1.54, 1.807) is 30.1 Å². The summed E-state index contributed by atoms with van der Waals surface area (Å²) >= 11 is 5.92. The monoisotopic (exact) mass is 302 g/mol. The molecule has 21 heavy (non-hydrogen) atoms. The fourth-order valence-corrected chi connectivity index (χ4v) is 2.36. The van der Waals surface area contributed by atoms with Crippen LogP contribution in [0.3, 0.4) is 0 Å². The first-order valence-electron chi connectivity index (χ1n) is 6.92. The lowest BCUT2D eigenvalue weighted by atomic mass is 10.1. The van der Waals surface area contributed by atoms with E-state index in [0.717, 1.165) is 12.8 Å². The molecule has 0 fully saturated rings. The molecule has 2 aromatic carbocycles. The van der Waals surface area contributed by atoms with E-state index < -0.39 is 0 Å². The number of amides is 1. The van der Waals surface area contributed by atoms with Crippen LogP contribution in [0.1, 0.15) is 22.3 Å². The number of benzene rings is 2. The summed E-state index contributed by atoms with van der Waals surface area (Å²) < 4.78 is 0. The lowest BCUT2D eigenvalue weighted by Gasteiger charge is -2.18. The summed E-state index contributed by atoms with van der Waals surface area (Å²) in [5.41, 5.74) is 8.04. The quantitative estimate of drug-likeness (QED) is 0.857. The van der Waals surface area contributed by atoms with Crippen LogP contribution in [0.15, 0.2) is 48.5 Å². The number of nitrogen functional groups attached to an aromatic ring is 1. The summed E-state index contributed by atoms with van der Waals surface area (Å²) in [4.78, 5) is 14.0. The highest BCUT2D eigenvalue weighted by atomic mass is 35.5. The topological polar surface area (TPSA) is 46.3 Å². The predicted octanol–water partition coefficient (Wildman–Crippen LogP) is 3.63. The van der Waals surface area contributed by atoms with Crippen LogP contribution in [0.5, 0.6) is 0 Å². The van der Waals surface area contributed by atoms with E-state index in [0.29, 0.717) is 22.8 Å². The van der Waals surface area contributed by atoms with Gasteiger partial charge in [0, 0.05) is 24.3 Å². The zero-order valence-electron chi connectivity index (χ0n) is 12.1. The number of nitrogens with zero attached hydrogens (tertiary/aromatic N) is 1. The molecule has 0 aliphatic rings. The molecule has 0 heterocycles. The van der Waals surface area contributed by atoms with Crippen molar-refractivity contribution < 1.29 is 4.79 Å². The van der Waals surface area contributed by atoms with Gasteiger partial charge in [-0.3, -0.25) is 4.79 Å². The van der Waals surface area contributed by atoms with Crippen molar-refractivity contribution in [2.45, 2.75) is 12.8 Å². The lowest BCUT2D eigenvalue weighted by molar-refractivity contribution is 0.0794. The largest absolute Gasteiger partial charge is 0.398 e. The van der Waals surface area contributed by atoms with Crippen LogP contribution in [0.2, 0.25) is 5.02 Å². The lowest BCUT2D eigenvalue weighted by Crippen LogP contribution is -2.28. The Hall–Kier alpha value is -2.00. The van der Waals surface area contributed by atoms with Gasteiger partial charge >= 0.3 is 0 Å². The van der Waals surface area contributed by atoms with Gasteiger partial charge in [0.25, 0.3) is 5.91 Å². The van der Waals surface area contributed by atoms with Crippen LogP contribution in [-0.4, -0.2) is 24.4 Å². The average molecular weight is 303 g/mol. The molecule has 4 heteroatoms. The smallest absolute Gasteiger partial charge is 0.255 e. The number of carbonyl (C=O) groups is 1. The van der Waals surface area contributed by atoms with Gasteiger partial charge in [0.1, 0.15) is 0 Å². The van der Waals surface area contributed by atoms with Gasteiger partial charge in [0.05, 0.1) is 5.56 Å². The van der Waals surface area contributed by atoms with Crippen molar-refractivity contribution in [2.24, 2.45) is 0 Å². The van der Waals surface area contributed by atoms with Crippen LogP contribution in [-0.2, 0) is 6.42 Å². The maximum atomic E-state index is 12.3. The molecule has 3 nitrogen and oxygen atoms in total. The predicted molar refractivity (Wildman–Crippen MR) is 87.6 cm³/mol. The Bertz CT molecular complexity index is 613. The Morgan fingerprint density at radius 3 is 2.62 bits per heavy atom. The van der Waals surface area contributed by atoms with Gasteiger partial charge in [-0.25, -0.2) is 0 Å². The van der Waals surface area contributed by atoms with Crippen molar-refractivity contribution in [2.75, 3.05) is 19.3 Å². The molecule has 0 bridgehead atoms. The molecule has 2 N–H and O–H groups in total. The fraction of sp³-hybridized carbons (Fsp3) is 0.235. The van der Waals surface area contributed by atoms with Crippen molar-refractivity contribution in [1.82, 2.24) is 4.90 Å². The molecule has 0 spiro atoms. The summed E-state index contributed by atoms with van der Waals surface area (Å²) in [6, 6.07) is 15.2. The number of nitrogens with two attached hydrogens (primary N) is 1. The number of aryl methyl sites for hydroxylation is 1. The third-order valence-electron chi connectivity index (χ3n) is 3.39. The molecular weight excluding hydrogens is 284 g/mol. The van der Waals surface area contributed by atoms with Gasteiger partial charge in [-0.2, -0.15) is 0 Å². The van der Waals surface area contributed by atoms with Crippen molar-refractivity contribution in [3.63, 3.8) is 0 Å². The summed E-state index contributed by atoms with van der Waals surface area (Å²) in [5.74, 6) is -0.0944. The van der Waals surface area contributed by atoms with Crippen LogP contribution in [0.25, 0.3) is 0 Å². The summed E-state index contributed by atoms with van der Waals surface area (Å²) in [5, 5.41) is 0.519. The second kappa shape index (κ2) is 7.14. The molecular formula is C17H19ClN2O. The first kappa shape index (κ1) is 15.4. The molecule has 0 aliphatic heterocycles. The van der Waals surface area contributed by atoms with E-state index in [9.17, 15) is 4.79 Å². The normalized spacial score (nSPS) is 10.4. The average Bonchev–Trinajstić information content (AvgIpc) is 2.50. The van der Waals surface area contributed by atoms with Gasteiger partial charge in [-0.05, 0) is 36.6 Å². The summed E-state index contributed by atoms with van der Waals surface area (Å²) in [6.45, 7) is 0.680. The second-order valence-electron chi connectivity index (χ2n) is 5.05. The van der Waals surface area contributed by atoms with Gasteiger partial charge in [0.2, 0.25) is 0 Å². The highest BCUT2D eigenvalue weighted by Gasteiger charge is 2.14. The summed E-state index contributed by atoms with van der Waals surface area (Å²) in [6.07, 6.45) is 1.86. The number of halogens is 1. The van der Waals surface area contributed by atoms with E-state index >= 15 is 0 Å². The number of carbonyl (C=O) groups excluding carboxylic acids is 1. The molecule has 0 atom stereocenters. The third-order valence-corrected chi connectivity index (χ3v) is 3.63. The molecule has 0 aromatic heterocycles. The minimum absolute atomic E-state index is 0.0944. The highest BCUT2D eigenvalue weighted by molar-refractivity contribution is 6.31. The number of hydrogen-bond donors (Lipinski definition) is 1. The standard InChI is InChI=1S/C17H19ClN2O/c1-20(11-5-8-13-6-3-2-4-7-13)17(21)15-12-14(18)9-10-16(15)19/h2-4,6-7,9-10,12H,5,8,11,19H2,1H3. The van der Waals surface area contributed by atoms with Gasteiger partial charge < -0.3 is 10.6 Å². The van der Waals surface area contributed by atoms with Crippen molar-refractivity contribution >= 4 is 23.2 Å². The van der Waals surface area contributed by atoms with Crippen LogP contribution < -0.4 is 5.73 Å².